The summed E-state index contributed by atoms with van der Waals surface area (Å²) in [4.78, 5) is 48.9. The van der Waals surface area contributed by atoms with Crippen LogP contribution in [0.1, 0.15) is 70.3 Å². The van der Waals surface area contributed by atoms with E-state index in [-0.39, 0.29) is 31.2 Å². The van der Waals surface area contributed by atoms with Crippen LogP contribution in [0.5, 0.6) is 10.9 Å². The number of nitrogens with one attached hydrogen (secondary N) is 3. The average molecular weight is 736 g/mol. The molecule has 0 unspecified atom stereocenters. The third kappa shape index (κ3) is 7.30. The Balaban J connectivity index is 1.19. The maximum atomic E-state index is 14.6. The first-order valence-corrected chi connectivity index (χ1v) is 20.0. The highest BCUT2D eigenvalue weighted by Gasteiger charge is 2.63. The van der Waals surface area contributed by atoms with Crippen LogP contribution < -0.4 is 24.8 Å². The molecule has 2 aromatic carbocycles. The highest BCUT2D eigenvalue weighted by atomic mass is 32.2. The average Bonchev–Trinajstić information content (AvgIpc) is 3.91. The number of allylic oxidation sites excluding steroid dienone is 1. The Bertz CT molecular complexity index is 1980. The van der Waals surface area contributed by atoms with Crippen molar-refractivity contribution in [3.05, 3.63) is 60.2 Å². The second kappa shape index (κ2) is 13.8. The van der Waals surface area contributed by atoms with E-state index >= 15 is 0 Å². The van der Waals surface area contributed by atoms with E-state index in [9.17, 15) is 22.8 Å². The molecule has 272 valence electrons. The van der Waals surface area contributed by atoms with Gasteiger partial charge in [0.15, 0.2) is 0 Å². The quantitative estimate of drug-likeness (QED) is 0.276. The van der Waals surface area contributed by atoms with Crippen molar-refractivity contribution in [2.45, 2.75) is 100 Å². The summed E-state index contributed by atoms with van der Waals surface area (Å²) in [7, 11) is -2.35. The molecular weight excluding hydrogens is 691 g/mol. The SMILES string of the molecule is COc1cccc(N[C@H]2CCCCC/C=C\[C@@H]3C[C@@]3(C(=O)NS(=O)(=O)C3(C)CC3)NC(=O)[C@@H]3C[C@@H](Oc4nc5ccc(C)cc5s4)CN3C2=O)c1. The number of carbonyl (C=O) groups is 3. The number of nitrogens with zero attached hydrogens (tertiary/aromatic N) is 2. The fraction of sp³-hybridized carbons (Fsp3) is 0.514. The van der Waals surface area contributed by atoms with Crippen LogP contribution in [-0.2, 0) is 24.4 Å². The van der Waals surface area contributed by atoms with Gasteiger partial charge in [0.25, 0.3) is 11.1 Å². The number of ether oxygens (including phenoxy) is 2. The minimum absolute atomic E-state index is 0.136. The van der Waals surface area contributed by atoms with Gasteiger partial charge in [0, 0.05) is 24.1 Å². The molecule has 4 aliphatic rings. The van der Waals surface area contributed by atoms with E-state index in [4.69, 9.17) is 9.47 Å². The van der Waals surface area contributed by atoms with Gasteiger partial charge in [0.1, 0.15) is 29.5 Å². The van der Waals surface area contributed by atoms with Gasteiger partial charge in [-0.25, -0.2) is 13.4 Å². The van der Waals surface area contributed by atoms with Crippen LogP contribution in [0.15, 0.2) is 54.6 Å². The van der Waals surface area contributed by atoms with Gasteiger partial charge in [-0.05, 0) is 82.2 Å². The minimum Gasteiger partial charge on any atom is -0.497 e. The Labute approximate surface area is 302 Å². The Morgan fingerprint density at radius 3 is 2.73 bits per heavy atom. The second-order valence-electron chi connectivity index (χ2n) is 14.6. The first-order valence-electron chi connectivity index (χ1n) is 17.7. The van der Waals surface area contributed by atoms with Crippen LogP contribution >= 0.6 is 11.3 Å². The Morgan fingerprint density at radius 2 is 1.94 bits per heavy atom. The van der Waals surface area contributed by atoms with Crippen LogP contribution in [0, 0.1) is 12.8 Å². The maximum Gasteiger partial charge on any atom is 0.274 e. The number of fused-ring (bicyclic) bond motifs is 3. The molecule has 3 N–H and O–H groups in total. The number of aromatic nitrogens is 1. The number of rotatable bonds is 8. The number of carbonyl (C=O) groups excluding carboxylic acids is 3. The molecule has 0 radical (unpaired) electrons. The summed E-state index contributed by atoms with van der Waals surface area (Å²) >= 11 is 1.41. The van der Waals surface area contributed by atoms with Crippen LogP contribution in [-0.4, -0.2) is 78.2 Å². The normalized spacial score (nSPS) is 28.3. The summed E-state index contributed by atoms with van der Waals surface area (Å²) in [5.41, 5.74) is 1.18. The number of benzene rings is 2. The van der Waals surface area contributed by atoms with Crippen molar-refractivity contribution in [2.24, 2.45) is 5.92 Å². The third-order valence-electron chi connectivity index (χ3n) is 10.7. The standard InChI is InChI=1S/C37H45N5O7S2/c1-23-14-15-28-31(18-23)50-35(39-28)49-27-20-30-32(43)40-37(34(45)41-51(46,47)36(2)16-17-36)21-24(37)10-7-5-4-6-8-13-29(33(44)42(30)22-27)38-25-11-9-12-26(19-25)48-3/h7,9-12,14-15,18-19,24,27,29-30,38H,4-6,8,13,16-17,20-22H2,1-3H3,(H,40,43)(H,41,45)/b10-7-/t24-,27-,29+,30+,37-/m1/s1. The zero-order chi connectivity index (χ0) is 36.0. The Morgan fingerprint density at radius 1 is 1.12 bits per heavy atom. The van der Waals surface area contributed by atoms with Gasteiger partial charge in [-0.2, -0.15) is 0 Å². The van der Waals surface area contributed by atoms with Crippen molar-refractivity contribution < 1.29 is 32.3 Å². The van der Waals surface area contributed by atoms with E-state index in [2.05, 4.69) is 20.3 Å². The Hall–Kier alpha value is -4.17. The number of aryl methyl sites for hydroxylation is 1. The number of hydrogen-bond acceptors (Lipinski definition) is 10. The van der Waals surface area contributed by atoms with Gasteiger partial charge >= 0.3 is 0 Å². The van der Waals surface area contributed by atoms with Gasteiger partial charge in [-0.3, -0.25) is 19.1 Å². The molecule has 0 bridgehead atoms. The largest absolute Gasteiger partial charge is 0.497 e. The summed E-state index contributed by atoms with van der Waals surface area (Å²) in [6.07, 6.45) is 8.60. The molecule has 2 saturated carbocycles. The predicted molar refractivity (Wildman–Crippen MR) is 195 cm³/mol. The van der Waals surface area contributed by atoms with Crippen molar-refractivity contribution in [1.82, 2.24) is 19.9 Å². The molecule has 3 aromatic rings. The summed E-state index contributed by atoms with van der Waals surface area (Å²) in [5, 5.41) is 6.80. The predicted octanol–water partition coefficient (Wildman–Crippen LogP) is 4.84. The van der Waals surface area contributed by atoms with Gasteiger partial charge < -0.3 is 25.0 Å². The number of thiazole rings is 1. The fourth-order valence-corrected chi connectivity index (χ4v) is 9.36. The zero-order valence-corrected chi connectivity index (χ0v) is 30.8. The van der Waals surface area contributed by atoms with E-state index in [0.29, 0.717) is 35.9 Å². The summed E-state index contributed by atoms with van der Waals surface area (Å²) in [5.74, 6) is -1.25. The lowest BCUT2D eigenvalue weighted by Gasteiger charge is -2.30. The summed E-state index contributed by atoms with van der Waals surface area (Å²) < 4.78 is 40.3. The van der Waals surface area contributed by atoms with E-state index in [1.54, 1.807) is 18.9 Å². The number of amides is 3. The van der Waals surface area contributed by atoms with E-state index in [0.717, 1.165) is 41.5 Å². The van der Waals surface area contributed by atoms with E-state index in [1.165, 1.54) is 11.3 Å². The van der Waals surface area contributed by atoms with Crippen molar-refractivity contribution in [3.8, 4) is 10.9 Å². The molecule has 2 aliphatic heterocycles. The first-order chi connectivity index (χ1) is 24.4. The fourth-order valence-electron chi connectivity index (χ4n) is 7.06. The van der Waals surface area contributed by atoms with E-state index < -0.39 is 50.3 Å². The van der Waals surface area contributed by atoms with Gasteiger partial charge in [-0.15, -0.1) is 0 Å². The molecule has 0 spiro atoms. The molecular formula is C37H45N5O7S2. The van der Waals surface area contributed by atoms with E-state index in [1.807, 2.05) is 61.5 Å². The van der Waals surface area contributed by atoms with Gasteiger partial charge in [0.2, 0.25) is 21.8 Å². The van der Waals surface area contributed by atoms with Crippen molar-refractivity contribution >= 4 is 55.0 Å². The van der Waals surface area contributed by atoms with Gasteiger partial charge in [0.05, 0.1) is 28.6 Å². The lowest BCUT2D eigenvalue weighted by molar-refractivity contribution is -0.140. The lowest BCUT2D eigenvalue weighted by Crippen LogP contribution is -2.58. The van der Waals surface area contributed by atoms with Crippen LogP contribution in [0.25, 0.3) is 10.2 Å². The van der Waals surface area contributed by atoms with Crippen LogP contribution in [0.4, 0.5) is 5.69 Å². The first kappa shape index (κ1) is 35.2. The molecule has 2 aliphatic carbocycles. The number of anilines is 1. The van der Waals surface area contributed by atoms with Crippen LogP contribution in [0.2, 0.25) is 0 Å². The maximum absolute atomic E-state index is 14.6. The summed E-state index contributed by atoms with van der Waals surface area (Å²) in [6, 6.07) is 11.7. The smallest absolute Gasteiger partial charge is 0.274 e. The third-order valence-corrected chi connectivity index (χ3v) is 13.7. The molecule has 3 heterocycles. The molecule has 14 heteroatoms. The Kier molecular flexibility index (Phi) is 9.51. The molecule has 3 fully saturated rings. The number of hydrogen-bond donors (Lipinski definition) is 3. The minimum atomic E-state index is -3.94. The molecule has 1 saturated heterocycles. The molecule has 3 amide bonds. The van der Waals surface area contributed by atoms with Gasteiger partial charge in [-0.1, -0.05) is 48.5 Å². The summed E-state index contributed by atoms with van der Waals surface area (Å²) in [6.45, 7) is 3.76. The van der Waals surface area contributed by atoms with Crippen LogP contribution in [0.3, 0.4) is 0 Å². The monoisotopic (exact) mass is 735 g/mol. The number of methoxy groups -OCH3 is 1. The molecule has 1 aromatic heterocycles. The highest BCUT2D eigenvalue weighted by molar-refractivity contribution is 7.91. The number of sulfonamides is 1. The molecule has 12 nitrogen and oxygen atoms in total. The topological polar surface area (TPSA) is 156 Å². The molecule has 5 atom stereocenters. The zero-order valence-electron chi connectivity index (χ0n) is 29.1. The van der Waals surface area contributed by atoms with Crippen molar-refractivity contribution in [2.75, 3.05) is 19.0 Å². The molecule has 7 rings (SSSR count). The highest BCUT2D eigenvalue weighted by Crippen LogP contribution is 2.47. The lowest BCUT2D eigenvalue weighted by atomic mass is 10.0. The molecule has 51 heavy (non-hydrogen) atoms. The van der Waals surface area contributed by atoms with Crippen molar-refractivity contribution in [1.29, 1.82) is 0 Å². The van der Waals surface area contributed by atoms with Crippen molar-refractivity contribution in [3.63, 3.8) is 0 Å². The second-order valence-corrected chi connectivity index (χ2v) is 17.8.